The smallest absolute Gasteiger partial charge is 0.335 e. The molecule has 0 radical (unpaired) electrons. The van der Waals surface area contributed by atoms with Crippen molar-refractivity contribution in [2.24, 2.45) is 10.9 Å². The number of hydroxylamine groups is 1. The zero-order valence-corrected chi connectivity index (χ0v) is 12.9. The first kappa shape index (κ1) is 17.1. The molecule has 1 saturated heterocycles. The topological polar surface area (TPSA) is 144 Å². The summed E-state index contributed by atoms with van der Waals surface area (Å²) in [5.41, 5.74) is 2.39. The Kier molecular flexibility index (Phi) is 5.01. The number of ether oxygens (including phenoxy) is 1. The monoisotopic (exact) mass is 343 g/mol. The van der Waals surface area contributed by atoms with E-state index in [1.807, 2.05) is 0 Å². The van der Waals surface area contributed by atoms with Crippen LogP contribution in [0.2, 0.25) is 0 Å². The molecule has 0 aromatic rings. The first-order chi connectivity index (χ1) is 11.5. The van der Waals surface area contributed by atoms with Gasteiger partial charge in [-0.25, -0.2) is 15.3 Å². The van der Waals surface area contributed by atoms with Gasteiger partial charge in [0, 0.05) is 6.20 Å². The second-order valence-electron chi connectivity index (χ2n) is 6.00. The molecule has 2 heterocycles. The van der Waals surface area contributed by atoms with Crippen molar-refractivity contribution in [3.05, 3.63) is 12.3 Å². The zero-order valence-electron chi connectivity index (χ0n) is 12.9. The molecular weight excluding hydrogens is 322 g/mol. The number of aliphatic imine (C=N–C) groups is 1. The largest absolute Gasteiger partial charge is 0.394 e. The van der Waals surface area contributed by atoms with Gasteiger partial charge < -0.3 is 34.9 Å². The van der Waals surface area contributed by atoms with Gasteiger partial charge in [0.1, 0.15) is 18.3 Å². The van der Waals surface area contributed by atoms with Gasteiger partial charge in [0.2, 0.25) is 6.35 Å². The van der Waals surface area contributed by atoms with Crippen LogP contribution in [-0.4, -0.2) is 74.6 Å². The molecule has 0 bridgehead atoms. The summed E-state index contributed by atoms with van der Waals surface area (Å²) in [5, 5.41) is 38.9. The average molecular weight is 343 g/mol. The molecule has 2 aliphatic heterocycles. The fourth-order valence-electron chi connectivity index (χ4n) is 2.70. The summed E-state index contributed by atoms with van der Waals surface area (Å²) in [6.45, 7) is -0.463. The average Bonchev–Trinajstić information content (AvgIpc) is 2.79. The second kappa shape index (κ2) is 7.03. The summed E-state index contributed by atoms with van der Waals surface area (Å²) >= 11 is 0. The highest BCUT2D eigenvalue weighted by Crippen LogP contribution is 2.28. The van der Waals surface area contributed by atoms with Crippen molar-refractivity contribution >= 4 is 11.8 Å². The highest BCUT2D eigenvalue weighted by molar-refractivity contribution is 5.93. The molecule has 0 aromatic heterocycles. The van der Waals surface area contributed by atoms with Gasteiger partial charge in [-0.1, -0.05) is 6.42 Å². The number of hydrogen-bond acceptors (Lipinski definition) is 10. The number of aliphatic hydroxyl groups is 4. The Morgan fingerprint density at radius 1 is 1.38 bits per heavy atom. The van der Waals surface area contributed by atoms with Crippen LogP contribution < -0.4 is 5.48 Å². The van der Waals surface area contributed by atoms with E-state index < -0.39 is 37.5 Å². The van der Waals surface area contributed by atoms with Crippen molar-refractivity contribution in [2.45, 2.75) is 50.2 Å². The summed E-state index contributed by atoms with van der Waals surface area (Å²) in [5.74, 6) is -0.318. The third-order valence-corrected chi connectivity index (χ3v) is 4.43. The molecule has 1 unspecified atom stereocenters. The molecule has 0 amide bonds. The molecule has 10 heteroatoms. The number of amidine groups is 1. The predicted molar refractivity (Wildman–Crippen MR) is 78.7 cm³/mol. The molecule has 2 fully saturated rings. The summed E-state index contributed by atoms with van der Waals surface area (Å²) in [6.07, 6.45) is -0.566. The Hall–Kier alpha value is -1.72. The fraction of sp³-hybridized carbons (Fsp3) is 0.714. The molecule has 0 aromatic carbocycles. The minimum absolute atomic E-state index is 0.0916. The normalized spacial score (nSPS) is 36.2. The highest BCUT2D eigenvalue weighted by atomic mass is 16.7. The molecule has 5 N–H and O–H groups in total. The van der Waals surface area contributed by atoms with E-state index in [1.165, 1.54) is 17.2 Å². The van der Waals surface area contributed by atoms with Gasteiger partial charge in [0.25, 0.3) is 0 Å². The third kappa shape index (κ3) is 3.23. The summed E-state index contributed by atoms with van der Waals surface area (Å²) < 4.78 is 5.32. The van der Waals surface area contributed by atoms with Crippen molar-refractivity contribution < 1.29 is 34.8 Å². The molecule has 134 valence electrons. The maximum atomic E-state index is 11.6. The van der Waals surface area contributed by atoms with E-state index in [9.17, 15) is 20.1 Å². The second-order valence-corrected chi connectivity index (χ2v) is 6.00. The number of nitrogens with zero attached hydrogens (tertiary/aromatic N) is 2. The molecule has 3 rings (SSSR count). The van der Waals surface area contributed by atoms with Crippen LogP contribution in [0.15, 0.2) is 17.3 Å². The van der Waals surface area contributed by atoms with Gasteiger partial charge in [-0.2, -0.15) is 0 Å². The molecular formula is C14H21N3O7. The number of rotatable bonds is 3. The van der Waals surface area contributed by atoms with Crippen LogP contribution in [-0.2, 0) is 14.4 Å². The van der Waals surface area contributed by atoms with Gasteiger partial charge in [-0.05, 0) is 18.9 Å². The molecule has 1 aliphatic carbocycles. The zero-order chi connectivity index (χ0) is 17.3. The summed E-state index contributed by atoms with van der Waals surface area (Å²) in [7, 11) is 0. The first-order valence-corrected chi connectivity index (χ1v) is 7.82. The van der Waals surface area contributed by atoms with Crippen LogP contribution in [0.25, 0.3) is 0 Å². The summed E-state index contributed by atoms with van der Waals surface area (Å²) in [6, 6.07) is 0. The van der Waals surface area contributed by atoms with E-state index in [4.69, 9.17) is 14.7 Å². The Balaban J connectivity index is 1.55. The molecule has 5 atom stereocenters. The highest BCUT2D eigenvalue weighted by Gasteiger charge is 2.46. The van der Waals surface area contributed by atoms with Crippen LogP contribution in [0.3, 0.4) is 0 Å². The quantitative estimate of drug-likeness (QED) is 0.360. The Labute approximate surface area is 138 Å². The van der Waals surface area contributed by atoms with E-state index in [2.05, 4.69) is 10.5 Å². The number of carbonyl (C=O) groups excluding carboxylic acids is 1. The number of hydrogen-bond donors (Lipinski definition) is 5. The lowest BCUT2D eigenvalue weighted by Crippen LogP contribution is -2.48. The van der Waals surface area contributed by atoms with Crippen LogP contribution >= 0.6 is 0 Å². The Morgan fingerprint density at radius 2 is 2.12 bits per heavy atom. The van der Waals surface area contributed by atoms with Crippen molar-refractivity contribution in [1.82, 2.24) is 10.4 Å². The lowest BCUT2D eigenvalue weighted by Gasteiger charge is -2.33. The van der Waals surface area contributed by atoms with Crippen LogP contribution in [0.5, 0.6) is 0 Å². The molecule has 0 spiro atoms. The minimum Gasteiger partial charge on any atom is -0.394 e. The van der Waals surface area contributed by atoms with E-state index in [1.54, 1.807) is 0 Å². The molecule has 1 saturated carbocycles. The van der Waals surface area contributed by atoms with E-state index >= 15 is 0 Å². The predicted octanol–water partition coefficient (Wildman–Crippen LogP) is -2.22. The van der Waals surface area contributed by atoms with Crippen molar-refractivity contribution in [1.29, 1.82) is 0 Å². The SMILES string of the molecule is O=C(ONC1=NC(O)N([C@@H]2O[C@H](CO)[C@@H](O)[C@H]2O)C=C1)C1CCC1. The summed E-state index contributed by atoms with van der Waals surface area (Å²) in [4.78, 5) is 21.6. The van der Waals surface area contributed by atoms with Gasteiger partial charge in [0.05, 0.1) is 12.5 Å². The van der Waals surface area contributed by atoms with Crippen molar-refractivity contribution in [3.8, 4) is 0 Å². The van der Waals surface area contributed by atoms with Gasteiger partial charge >= 0.3 is 5.97 Å². The molecule has 10 nitrogen and oxygen atoms in total. The van der Waals surface area contributed by atoms with Crippen molar-refractivity contribution in [3.63, 3.8) is 0 Å². The number of carbonyl (C=O) groups is 1. The standard InChI is InChI=1S/C14H21N3O7/c18-6-8-10(19)11(20)12(23-8)17-5-4-9(15-14(17)22)16-24-13(21)7-2-1-3-7/h4-5,7-8,10-12,14,18-20,22H,1-3,6H2,(H,15,16)/t8-,10-,11-,12-,14?/m1/s1. The van der Waals surface area contributed by atoms with E-state index in [-0.39, 0.29) is 17.7 Å². The van der Waals surface area contributed by atoms with E-state index in [0.29, 0.717) is 0 Å². The van der Waals surface area contributed by atoms with Crippen LogP contribution in [0.4, 0.5) is 0 Å². The first-order valence-electron chi connectivity index (χ1n) is 7.82. The van der Waals surface area contributed by atoms with Gasteiger partial charge in [-0.15, -0.1) is 0 Å². The van der Waals surface area contributed by atoms with Gasteiger partial charge in [-0.3, -0.25) is 0 Å². The minimum atomic E-state index is -1.41. The Morgan fingerprint density at radius 3 is 2.67 bits per heavy atom. The maximum absolute atomic E-state index is 11.6. The molecule has 24 heavy (non-hydrogen) atoms. The Bertz CT molecular complexity index is 536. The van der Waals surface area contributed by atoms with Crippen molar-refractivity contribution in [2.75, 3.05) is 6.61 Å². The van der Waals surface area contributed by atoms with Crippen LogP contribution in [0.1, 0.15) is 19.3 Å². The van der Waals surface area contributed by atoms with Gasteiger partial charge in [0.15, 0.2) is 12.1 Å². The number of aliphatic hydroxyl groups excluding tert-OH is 4. The lowest BCUT2D eigenvalue weighted by atomic mass is 9.86. The lowest BCUT2D eigenvalue weighted by molar-refractivity contribution is -0.156. The van der Waals surface area contributed by atoms with Crippen LogP contribution in [0, 0.1) is 5.92 Å². The van der Waals surface area contributed by atoms with E-state index in [0.717, 1.165) is 19.3 Å². The third-order valence-electron chi connectivity index (χ3n) is 4.43. The fourth-order valence-corrected chi connectivity index (χ4v) is 2.70. The number of nitrogens with one attached hydrogen (secondary N) is 1. The molecule has 3 aliphatic rings. The maximum Gasteiger partial charge on any atom is 0.335 e.